The van der Waals surface area contributed by atoms with Gasteiger partial charge in [0.05, 0.1) is 24.7 Å². The lowest BCUT2D eigenvalue weighted by molar-refractivity contribution is -0.139. The van der Waals surface area contributed by atoms with Crippen LogP contribution in [0.4, 0.5) is 4.39 Å². The van der Waals surface area contributed by atoms with Crippen LogP contribution in [0.5, 0.6) is 0 Å². The zero-order valence-electron chi connectivity index (χ0n) is 13.6. The summed E-state index contributed by atoms with van der Waals surface area (Å²) in [6.07, 6.45) is -0.258. The second kappa shape index (κ2) is 7.45. The van der Waals surface area contributed by atoms with Crippen molar-refractivity contribution in [1.29, 1.82) is 0 Å². The number of carbonyl (C=O) groups is 1. The number of halogens is 2. The SMILES string of the molecule is COC(=O)Cc1nc2ccc(Cl)cc2c(-c2ccccc2F)n/c1=N/O. The average molecular weight is 374 g/mol. The van der Waals surface area contributed by atoms with E-state index in [0.29, 0.717) is 15.9 Å². The summed E-state index contributed by atoms with van der Waals surface area (Å²) in [6.45, 7) is 0. The first-order chi connectivity index (χ1) is 12.5. The van der Waals surface area contributed by atoms with E-state index in [1.165, 1.54) is 13.2 Å². The second-order valence-corrected chi connectivity index (χ2v) is 5.77. The number of nitrogens with zero attached hydrogens (tertiary/aromatic N) is 3. The zero-order valence-corrected chi connectivity index (χ0v) is 14.4. The fraction of sp³-hybridized carbons (Fsp3) is 0.111. The zero-order chi connectivity index (χ0) is 18.7. The number of fused-ring (bicyclic) bond motifs is 1. The Bertz CT molecular complexity index is 1070. The molecule has 8 heteroatoms. The number of methoxy groups -OCH3 is 1. The summed E-state index contributed by atoms with van der Waals surface area (Å²) in [6, 6.07) is 10.8. The first kappa shape index (κ1) is 17.8. The maximum atomic E-state index is 14.4. The van der Waals surface area contributed by atoms with E-state index < -0.39 is 11.8 Å². The summed E-state index contributed by atoms with van der Waals surface area (Å²) >= 11 is 6.08. The van der Waals surface area contributed by atoms with Gasteiger partial charge in [-0.05, 0) is 30.3 Å². The third kappa shape index (κ3) is 3.48. The largest absolute Gasteiger partial charge is 0.469 e. The number of ether oxygens (including phenoxy) is 1. The molecule has 1 aromatic heterocycles. The van der Waals surface area contributed by atoms with Gasteiger partial charge in [0.2, 0.25) is 5.49 Å². The Kier molecular flexibility index (Phi) is 5.09. The van der Waals surface area contributed by atoms with Crippen LogP contribution in [-0.4, -0.2) is 28.3 Å². The molecule has 1 heterocycles. The van der Waals surface area contributed by atoms with Crippen molar-refractivity contribution in [3.63, 3.8) is 0 Å². The monoisotopic (exact) mass is 373 g/mol. The molecule has 0 fully saturated rings. The highest BCUT2D eigenvalue weighted by atomic mass is 35.5. The molecule has 3 rings (SSSR count). The van der Waals surface area contributed by atoms with E-state index in [9.17, 15) is 14.4 Å². The smallest absolute Gasteiger partial charge is 0.311 e. The van der Waals surface area contributed by atoms with Crippen LogP contribution in [0.1, 0.15) is 5.69 Å². The number of carbonyl (C=O) groups excluding carboxylic acids is 1. The molecule has 0 unspecified atom stereocenters. The molecular formula is C18H13ClFN3O3. The Labute approximate surface area is 152 Å². The molecule has 0 aliphatic carbocycles. The number of rotatable bonds is 3. The molecule has 2 aromatic carbocycles. The maximum absolute atomic E-state index is 14.4. The van der Waals surface area contributed by atoms with Crippen molar-refractivity contribution in [2.45, 2.75) is 6.42 Å². The lowest BCUT2D eigenvalue weighted by Crippen LogP contribution is -2.18. The van der Waals surface area contributed by atoms with Gasteiger partial charge in [0.15, 0.2) is 0 Å². The summed E-state index contributed by atoms with van der Waals surface area (Å²) in [5.74, 6) is -1.09. The standard InChI is InChI=1S/C18H13ClFN3O3/c1-26-16(24)9-15-18(23-25)22-17(11-4-2-3-5-13(11)20)12-8-10(19)6-7-14(12)21-15/h2-8,25H,9H2,1H3/b23-18+. The lowest BCUT2D eigenvalue weighted by Gasteiger charge is -2.03. The average Bonchev–Trinajstić information content (AvgIpc) is 2.78. The molecule has 132 valence electrons. The van der Waals surface area contributed by atoms with E-state index in [4.69, 9.17) is 11.6 Å². The van der Waals surface area contributed by atoms with Gasteiger partial charge in [-0.15, -0.1) is 0 Å². The molecule has 0 radical (unpaired) electrons. The molecule has 0 saturated carbocycles. The summed E-state index contributed by atoms with van der Waals surface area (Å²) in [5, 5.41) is 13.3. The highest BCUT2D eigenvalue weighted by Gasteiger charge is 2.15. The summed E-state index contributed by atoms with van der Waals surface area (Å²) in [5.41, 5.74) is 0.674. The van der Waals surface area contributed by atoms with Crippen LogP contribution in [-0.2, 0) is 16.0 Å². The van der Waals surface area contributed by atoms with E-state index in [0.717, 1.165) is 0 Å². The Morgan fingerprint density at radius 3 is 2.73 bits per heavy atom. The second-order valence-electron chi connectivity index (χ2n) is 5.34. The van der Waals surface area contributed by atoms with Crippen LogP contribution in [0.25, 0.3) is 22.2 Å². The van der Waals surface area contributed by atoms with Crippen LogP contribution >= 0.6 is 11.6 Å². The Hall–Kier alpha value is -3.06. The van der Waals surface area contributed by atoms with Gasteiger partial charge < -0.3 is 9.94 Å². The molecule has 0 bridgehead atoms. The molecule has 0 amide bonds. The minimum absolute atomic E-state index is 0.0919. The molecule has 6 nitrogen and oxygen atoms in total. The summed E-state index contributed by atoms with van der Waals surface area (Å²) in [4.78, 5) is 20.3. The minimum Gasteiger partial charge on any atom is -0.469 e. The van der Waals surface area contributed by atoms with Gasteiger partial charge in [-0.25, -0.2) is 14.4 Å². The van der Waals surface area contributed by atoms with Crippen molar-refractivity contribution in [3.8, 4) is 11.3 Å². The fourth-order valence-electron chi connectivity index (χ4n) is 2.49. The lowest BCUT2D eigenvalue weighted by atomic mass is 10.1. The molecule has 3 aromatic rings. The van der Waals surface area contributed by atoms with E-state index in [2.05, 4.69) is 19.9 Å². The van der Waals surface area contributed by atoms with Gasteiger partial charge in [0.25, 0.3) is 0 Å². The number of benzene rings is 2. The quantitative estimate of drug-likeness (QED) is 0.433. The number of hydrogen-bond donors (Lipinski definition) is 1. The molecular weight excluding hydrogens is 361 g/mol. The normalized spacial score (nSPS) is 11.6. The predicted molar refractivity (Wildman–Crippen MR) is 93.0 cm³/mol. The van der Waals surface area contributed by atoms with Gasteiger partial charge in [-0.1, -0.05) is 28.9 Å². The Balaban J connectivity index is 2.44. The Morgan fingerprint density at radius 2 is 2.04 bits per heavy atom. The minimum atomic E-state index is -0.579. The molecule has 0 saturated heterocycles. The van der Waals surface area contributed by atoms with Crippen LogP contribution in [0.3, 0.4) is 0 Å². The maximum Gasteiger partial charge on any atom is 0.311 e. The van der Waals surface area contributed by atoms with Gasteiger partial charge in [0, 0.05) is 16.0 Å². The first-order valence-electron chi connectivity index (χ1n) is 7.53. The van der Waals surface area contributed by atoms with Crippen LogP contribution < -0.4 is 5.49 Å². The van der Waals surface area contributed by atoms with Crippen molar-refractivity contribution < 1.29 is 19.1 Å². The van der Waals surface area contributed by atoms with Crippen molar-refractivity contribution >= 4 is 28.5 Å². The molecule has 0 aliphatic rings. The van der Waals surface area contributed by atoms with Crippen molar-refractivity contribution in [2.75, 3.05) is 7.11 Å². The molecule has 26 heavy (non-hydrogen) atoms. The topological polar surface area (TPSA) is 84.7 Å². The van der Waals surface area contributed by atoms with Crippen LogP contribution in [0.2, 0.25) is 5.02 Å². The van der Waals surface area contributed by atoms with Gasteiger partial charge in [0.1, 0.15) is 11.5 Å². The molecule has 0 atom stereocenters. The highest BCUT2D eigenvalue weighted by molar-refractivity contribution is 6.31. The molecule has 1 N–H and O–H groups in total. The van der Waals surface area contributed by atoms with Gasteiger partial charge in [-0.3, -0.25) is 4.79 Å². The Morgan fingerprint density at radius 1 is 1.27 bits per heavy atom. The van der Waals surface area contributed by atoms with E-state index in [-0.39, 0.29) is 28.9 Å². The summed E-state index contributed by atoms with van der Waals surface area (Å²) in [7, 11) is 1.23. The molecule has 0 aliphatic heterocycles. The number of esters is 1. The van der Waals surface area contributed by atoms with Crippen LogP contribution in [0.15, 0.2) is 47.6 Å². The summed E-state index contributed by atoms with van der Waals surface area (Å²) < 4.78 is 19.0. The van der Waals surface area contributed by atoms with E-state index >= 15 is 0 Å². The first-order valence-corrected chi connectivity index (χ1v) is 7.91. The van der Waals surface area contributed by atoms with E-state index in [1.54, 1.807) is 36.4 Å². The van der Waals surface area contributed by atoms with Crippen molar-refractivity contribution in [3.05, 3.63) is 64.5 Å². The van der Waals surface area contributed by atoms with Gasteiger partial charge >= 0.3 is 5.97 Å². The van der Waals surface area contributed by atoms with Crippen molar-refractivity contribution in [1.82, 2.24) is 9.97 Å². The third-order valence-corrected chi connectivity index (χ3v) is 3.94. The third-order valence-electron chi connectivity index (χ3n) is 3.71. The fourth-order valence-corrected chi connectivity index (χ4v) is 2.66. The highest BCUT2D eigenvalue weighted by Crippen LogP contribution is 2.28. The number of hydrogen-bond acceptors (Lipinski definition) is 6. The number of aromatic nitrogens is 2. The van der Waals surface area contributed by atoms with E-state index in [1.807, 2.05) is 0 Å². The van der Waals surface area contributed by atoms with Crippen LogP contribution in [0, 0.1) is 5.82 Å². The molecule has 0 spiro atoms. The van der Waals surface area contributed by atoms with Crippen molar-refractivity contribution in [2.24, 2.45) is 5.16 Å². The van der Waals surface area contributed by atoms with Gasteiger partial charge in [-0.2, -0.15) is 0 Å². The predicted octanol–water partition coefficient (Wildman–Crippen LogP) is 3.09.